The minimum absolute atomic E-state index is 0.0114. The van der Waals surface area contributed by atoms with E-state index in [2.05, 4.69) is 5.32 Å². The van der Waals surface area contributed by atoms with Gasteiger partial charge >= 0.3 is 0 Å². The highest BCUT2D eigenvalue weighted by atomic mass is 16.3. The Morgan fingerprint density at radius 1 is 1.54 bits per heavy atom. The molecule has 13 heavy (non-hydrogen) atoms. The lowest BCUT2D eigenvalue weighted by Gasteiger charge is -2.04. The van der Waals surface area contributed by atoms with Crippen LogP contribution in [0.1, 0.15) is 22.8 Å². The van der Waals surface area contributed by atoms with Crippen molar-refractivity contribution in [2.45, 2.75) is 13.5 Å². The maximum absolute atomic E-state index is 11.0. The van der Waals surface area contributed by atoms with Crippen molar-refractivity contribution in [1.82, 2.24) is 5.32 Å². The number of hydrogen-bond acceptors (Lipinski definition) is 3. The standard InChI is InChI=1S/C10H13NO2/c1-7(12)8-3-4-10(13)9(5-8)6-11-2/h3-5,11,13H,6H2,1-2H3. The number of rotatable bonds is 3. The van der Waals surface area contributed by atoms with Crippen LogP contribution in [-0.2, 0) is 6.54 Å². The summed E-state index contributed by atoms with van der Waals surface area (Å²) >= 11 is 0. The minimum Gasteiger partial charge on any atom is -0.508 e. The van der Waals surface area contributed by atoms with Gasteiger partial charge in [0.05, 0.1) is 0 Å². The highest BCUT2D eigenvalue weighted by Crippen LogP contribution is 2.18. The molecule has 0 saturated heterocycles. The molecule has 0 bridgehead atoms. The Bertz CT molecular complexity index is 321. The second-order valence-corrected chi connectivity index (χ2v) is 2.93. The van der Waals surface area contributed by atoms with Gasteiger partial charge in [-0.1, -0.05) is 0 Å². The molecular weight excluding hydrogens is 166 g/mol. The van der Waals surface area contributed by atoms with Gasteiger partial charge in [-0.15, -0.1) is 0 Å². The minimum atomic E-state index is 0.0114. The second kappa shape index (κ2) is 4.05. The van der Waals surface area contributed by atoms with Crippen molar-refractivity contribution < 1.29 is 9.90 Å². The van der Waals surface area contributed by atoms with E-state index < -0.39 is 0 Å². The smallest absolute Gasteiger partial charge is 0.159 e. The van der Waals surface area contributed by atoms with Crippen molar-refractivity contribution in [3.8, 4) is 5.75 Å². The first-order valence-electron chi connectivity index (χ1n) is 4.12. The Labute approximate surface area is 77.4 Å². The maximum Gasteiger partial charge on any atom is 0.159 e. The van der Waals surface area contributed by atoms with E-state index in [9.17, 15) is 9.90 Å². The van der Waals surface area contributed by atoms with Gasteiger partial charge in [-0.25, -0.2) is 0 Å². The zero-order chi connectivity index (χ0) is 9.84. The van der Waals surface area contributed by atoms with Gasteiger partial charge in [0.1, 0.15) is 5.75 Å². The van der Waals surface area contributed by atoms with Gasteiger partial charge in [0, 0.05) is 17.7 Å². The Hall–Kier alpha value is -1.35. The fourth-order valence-corrected chi connectivity index (χ4v) is 1.14. The van der Waals surface area contributed by atoms with Gasteiger partial charge in [-0.2, -0.15) is 0 Å². The fraction of sp³-hybridized carbons (Fsp3) is 0.300. The molecule has 0 fully saturated rings. The van der Waals surface area contributed by atoms with Crippen LogP contribution in [0.4, 0.5) is 0 Å². The molecule has 0 radical (unpaired) electrons. The lowest BCUT2D eigenvalue weighted by atomic mass is 10.1. The Balaban J connectivity index is 3.03. The molecule has 1 aromatic rings. The third-order valence-corrected chi connectivity index (χ3v) is 1.85. The molecule has 0 saturated carbocycles. The van der Waals surface area contributed by atoms with Crippen LogP contribution in [-0.4, -0.2) is 17.9 Å². The molecule has 0 aliphatic heterocycles. The molecule has 0 amide bonds. The summed E-state index contributed by atoms with van der Waals surface area (Å²) < 4.78 is 0. The average Bonchev–Trinajstić information content (AvgIpc) is 2.08. The number of carbonyl (C=O) groups excluding carboxylic acids is 1. The summed E-state index contributed by atoms with van der Waals surface area (Å²) in [6, 6.07) is 4.87. The zero-order valence-electron chi connectivity index (χ0n) is 7.79. The monoisotopic (exact) mass is 179 g/mol. The fourth-order valence-electron chi connectivity index (χ4n) is 1.14. The van der Waals surface area contributed by atoms with E-state index in [1.54, 1.807) is 25.2 Å². The van der Waals surface area contributed by atoms with Crippen molar-refractivity contribution >= 4 is 5.78 Å². The molecular formula is C10H13NO2. The molecule has 0 aliphatic carbocycles. The molecule has 3 nitrogen and oxygen atoms in total. The molecule has 0 heterocycles. The summed E-state index contributed by atoms with van der Waals surface area (Å²) in [4.78, 5) is 11.0. The molecule has 0 aromatic heterocycles. The van der Waals surface area contributed by atoms with Gasteiger partial charge in [-0.05, 0) is 32.2 Å². The maximum atomic E-state index is 11.0. The molecule has 1 rings (SSSR count). The molecule has 3 heteroatoms. The number of Topliss-reactive ketones (excluding diaryl/α,β-unsaturated/α-hetero) is 1. The summed E-state index contributed by atoms with van der Waals surface area (Å²) in [7, 11) is 1.79. The Morgan fingerprint density at radius 2 is 2.23 bits per heavy atom. The van der Waals surface area contributed by atoms with Gasteiger partial charge in [0.25, 0.3) is 0 Å². The van der Waals surface area contributed by atoms with E-state index in [0.717, 1.165) is 5.56 Å². The van der Waals surface area contributed by atoms with E-state index in [1.165, 1.54) is 6.92 Å². The second-order valence-electron chi connectivity index (χ2n) is 2.93. The zero-order valence-corrected chi connectivity index (χ0v) is 7.79. The third-order valence-electron chi connectivity index (χ3n) is 1.85. The average molecular weight is 179 g/mol. The summed E-state index contributed by atoms with van der Waals surface area (Å²) in [5, 5.41) is 12.3. The van der Waals surface area contributed by atoms with E-state index in [1.807, 2.05) is 0 Å². The van der Waals surface area contributed by atoms with Crippen molar-refractivity contribution in [2.24, 2.45) is 0 Å². The van der Waals surface area contributed by atoms with Crippen molar-refractivity contribution in [2.75, 3.05) is 7.05 Å². The first kappa shape index (κ1) is 9.74. The van der Waals surface area contributed by atoms with Crippen LogP contribution in [0.25, 0.3) is 0 Å². The summed E-state index contributed by atoms with van der Waals surface area (Å²) in [5.74, 6) is 0.233. The summed E-state index contributed by atoms with van der Waals surface area (Å²) in [5.41, 5.74) is 1.37. The van der Waals surface area contributed by atoms with E-state index >= 15 is 0 Å². The molecule has 0 spiro atoms. The van der Waals surface area contributed by atoms with Crippen LogP contribution in [0.5, 0.6) is 5.75 Å². The van der Waals surface area contributed by atoms with E-state index in [-0.39, 0.29) is 11.5 Å². The van der Waals surface area contributed by atoms with Crippen LogP contribution in [0.15, 0.2) is 18.2 Å². The molecule has 0 atom stereocenters. The number of nitrogens with one attached hydrogen (secondary N) is 1. The number of ketones is 1. The van der Waals surface area contributed by atoms with Crippen LogP contribution in [0.2, 0.25) is 0 Å². The number of aromatic hydroxyl groups is 1. The topological polar surface area (TPSA) is 49.3 Å². The largest absolute Gasteiger partial charge is 0.508 e. The lowest BCUT2D eigenvalue weighted by molar-refractivity contribution is 0.101. The lowest BCUT2D eigenvalue weighted by Crippen LogP contribution is -2.06. The van der Waals surface area contributed by atoms with Crippen LogP contribution < -0.4 is 5.32 Å². The van der Waals surface area contributed by atoms with Crippen molar-refractivity contribution in [1.29, 1.82) is 0 Å². The normalized spacial score (nSPS) is 10.0. The highest BCUT2D eigenvalue weighted by Gasteiger charge is 2.04. The van der Waals surface area contributed by atoms with E-state index in [0.29, 0.717) is 12.1 Å². The van der Waals surface area contributed by atoms with Gasteiger partial charge in [-0.3, -0.25) is 4.79 Å². The number of carbonyl (C=O) groups is 1. The predicted molar refractivity (Wildman–Crippen MR) is 50.9 cm³/mol. The van der Waals surface area contributed by atoms with Crippen molar-refractivity contribution in [3.05, 3.63) is 29.3 Å². The summed E-state index contributed by atoms with van der Waals surface area (Å²) in [6.45, 7) is 2.07. The van der Waals surface area contributed by atoms with E-state index in [4.69, 9.17) is 0 Å². The number of benzene rings is 1. The molecule has 1 aromatic carbocycles. The number of phenols is 1. The van der Waals surface area contributed by atoms with Crippen LogP contribution >= 0.6 is 0 Å². The van der Waals surface area contributed by atoms with Crippen molar-refractivity contribution in [3.63, 3.8) is 0 Å². The number of phenolic OH excluding ortho intramolecular Hbond substituents is 1. The Kier molecular flexibility index (Phi) is 3.03. The number of hydrogen-bond donors (Lipinski definition) is 2. The quantitative estimate of drug-likeness (QED) is 0.688. The predicted octanol–water partition coefficient (Wildman–Crippen LogP) is 1.31. The third kappa shape index (κ3) is 2.29. The molecule has 2 N–H and O–H groups in total. The van der Waals surface area contributed by atoms with Crippen LogP contribution in [0.3, 0.4) is 0 Å². The SMILES string of the molecule is CNCc1cc(C(C)=O)ccc1O. The van der Waals surface area contributed by atoms with Crippen LogP contribution in [0, 0.1) is 0 Å². The van der Waals surface area contributed by atoms with Gasteiger partial charge < -0.3 is 10.4 Å². The first-order chi connectivity index (χ1) is 6.15. The highest BCUT2D eigenvalue weighted by molar-refractivity contribution is 5.94. The molecule has 0 aliphatic rings. The Morgan fingerprint density at radius 3 is 2.77 bits per heavy atom. The molecule has 0 unspecified atom stereocenters. The molecule has 70 valence electrons. The summed E-state index contributed by atoms with van der Waals surface area (Å²) in [6.07, 6.45) is 0. The van der Waals surface area contributed by atoms with Gasteiger partial charge in [0.15, 0.2) is 5.78 Å². The van der Waals surface area contributed by atoms with Gasteiger partial charge in [0.2, 0.25) is 0 Å². The first-order valence-corrected chi connectivity index (χ1v) is 4.12.